The number of methoxy groups -OCH3 is 1. The van der Waals surface area contributed by atoms with Gasteiger partial charge in [0, 0.05) is 26.2 Å². The van der Waals surface area contributed by atoms with Crippen LogP contribution in [0.25, 0.3) is 0 Å². The zero-order chi connectivity index (χ0) is 28.1. The minimum atomic E-state index is -0.942. The third-order valence-corrected chi connectivity index (χ3v) is 8.25. The molecule has 40 heavy (non-hydrogen) atoms. The highest BCUT2D eigenvalue weighted by molar-refractivity contribution is 6.00. The molecule has 7 nitrogen and oxygen atoms in total. The highest BCUT2D eigenvalue weighted by Gasteiger charge is 2.50. The van der Waals surface area contributed by atoms with E-state index >= 15 is 0 Å². The smallest absolute Gasteiger partial charge is 0.321 e. The molecule has 3 aromatic rings. The van der Waals surface area contributed by atoms with E-state index in [4.69, 9.17) is 9.47 Å². The molecule has 1 aliphatic heterocycles. The van der Waals surface area contributed by atoms with Crippen molar-refractivity contribution in [2.45, 2.75) is 31.1 Å². The fourth-order valence-electron chi connectivity index (χ4n) is 6.21. The van der Waals surface area contributed by atoms with E-state index in [1.165, 1.54) is 0 Å². The summed E-state index contributed by atoms with van der Waals surface area (Å²) in [6, 6.07) is 24.8. The Morgan fingerprint density at radius 3 is 2.27 bits per heavy atom. The summed E-state index contributed by atoms with van der Waals surface area (Å²) in [5.74, 6) is 0.0621. The molecular formula is C33H36N2O5. The van der Waals surface area contributed by atoms with Gasteiger partial charge in [-0.3, -0.25) is 19.3 Å². The van der Waals surface area contributed by atoms with Gasteiger partial charge in [-0.2, -0.15) is 0 Å². The molecule has 1 amide bonds. The topological polar surface area (TPSA) is 76.2 Å². The number of fused-ring (bicyclic) bond motifs is 1. The van der Waals surface area contributed by atoms with Gasteiger partial charge in [-0.1, -0.05) is 66.7 Å². The molecule has 1 saturated heterocycles. The molecule has 3 aromatic carbocycles. The van der Waals surface area contributed by atoms with Gasteiger partial charge in [0.15, 0.2) is 5.78 Å². The van der Waals surface area contributed by atoms with Crippen LogP contribution in [0.2, 0.25) is 0 Å². The first kappa shape index (κ1) is 27.6. The van der Waals surface area contributed by atoms with Crippen molar-refractivity contribution in [1.82, 2.24) is 9.80 Å². The average molecular weight is 541 g/mol. The fourth-order valence-corrected chi connectivity index (χ4v) is 6.21. The maximum atomic E-state index is 13.9. The Kier molecular flexibility index (Phi) is 8.31. The van der Waals surface area contributed by atoms with Crippen LogP contribution in [0.4, 0.5) is 0 Å². The lowest BCUT2D eigenvalue weighted by atomic mass is 9.63. The number of Topliss-reactive ketones (excluding diaryl/α,β-unsaturated/α-hetero) is 1. The van der Waals surface area contributed by atoms with Gasteiger partial charge in [0.1, 0.15) is 11.2 Å². The molecule has 208 valence electrons. The van der Waals surface area contributed by atoms with Crippen LogP contribution < -0.4 is 4.74 Å². The lowest BCUT2D eigenvalue weighted by Crippen LogP contribution is -2.52. The number of ketones is 1. The van der Waals surface area contributed by atoms with Gasteiger partial charge >= 0.3 is 5.97 Å². The number of amides is 1. The maximum absolute atomic E-state index is 13.9. The number of benzene rings is 3. The Labute approximate surface area is 235 Å². The third-order valence-electron chi connectivity index (χ3n) is 8.25. The molecule has 7 heteroatoms. The van der Waals surface area contributed by atoms with Gasteiger partial charge in [0.2, 0.25) is 5.91 Å². The molecule has 0 saturated carbocycles. The lowest BCUT2D eigenvalue weighted by molar-refractivity contribution is -0.149. The second kappa shape index (κ2) is 12.0. The van der Waals surface area contributed by atoms with Gasteiger partial charge in [0.25, 0.3) is 0 Å². The van der Waals surface area contributed by atoms with E-state index in [0.29, 0.717) is 56.9 Å². The number of piperazine rings is 1. The van der Waals surface area contributed by atoms with E-state index in [1.807, 2.05) is 78.6 Å². The van der Waals surface area contributed by atoms with E-state index in [9.17, 15) is 14.4 Å². The summed E-state index contributed by atoms with van der Waals surface area (Å²) in [6.07, 6.45) is 1.05. The van der Waals surface area contributed by atoms with E-state index in [1.54, 1.807) is 19.2 Å². The Morgan fingerprint density at radius 2 is 1.55 bits per heavy atom. The third kappa shape index (κ3) is 5.13. The molecule has 0 N–H and O–H groups in total. The Hall–Kier alpha value is -3.97. The molecule has 5 rings (SSSR count). The number of carbonyl (C=O) groups excluding carboxylic acids is 3. The Balaban J connectivity index is 1.32. The van der Waals surface area contributed by atoms with Crippen molar-refractivity contribution in [3.8, 4) is 5.75 Å². The molecule has 0 bridgehead atoms. The zero-order valence-corrected chi connectivity index (χ0v) is 23.2. The summed E-state index contributed by atoms with van der Waals surface area (Å²) in [5, 5.41) is 0. The summed E-state index contributed by atoms with van der Waals surface area (Å²) in [4.78, 5) is 44.4. The molecule has 0 aromatic heterocycles. The van der Waals surface area contributed by atoms with E-state index < -0.39 is 5.41 Å². The van der Waals surface area contributed by atoms with Crippen molar-refractivity contribution >= 4 is 17.7 Å². The number of para-hydroxylation sites is 1. The van der Waals surface area contributed by atoms with Crippen molar-refractivity contribution in [2.24, 2.45) is 0 Å². The highest BCUT2D eigenvalue weighted by Crippen LogP contribution is 2.48. The van der Waals surface area contributed by atoms with Gasteiger partial charge in [-0.25, -0.2) is 0 Å². The predicted octanol–water partition coefficient (Wildman–Crippen LogP) is 4.45. The molecule has 1 fully saturated rings. The first-order valence-corrected chi connectivity index (χ1v) is 14.0. The number of ether oxygens (including phenoxy) is 2. The van der Waals surface area contributed by atoms with Gasteiger partial charge in [-0.15, -0.1) is 0 Å². The summed E-state index contributed by atoms with van der Waals surface area (Å²) < 4.78 is 11.0. The summed E-state index contributed by atoms with van der Waals surface area (Å²) >= 11 is 0. The second-order valence-electron chi connectivity index (χ2n) is 10.4. The van der Waals surface area contributed by atoms with Gasteiger partial charge in [-0.05, 0) is 48.6 Å². The fraction of sp³-hybridized carbons (Fsp3) is 0.364. The first-order valence-electron chi connectivity index (χ1n) is 14.0. The summed E-state index contributed by atoms with van der Waals surface area (Å²) in [7, 11) is 1.57. The molecule has 0 radical (unpaired) electrons. The van der Waals surface area contributed by atoms with Crippen LogP contribution in [0.5, 0.6) is 5.75 Å². The van der Waals surface area contributed by atoms with E-state index in [-0.39, 0.29) is 30.1 Å². The SMILES string of the molecule is CCOC(=O)[C@]1(c2ccccc2)CC[C@@H](C(=O)N2CCN(CC(=O)c3ccccc3OC)CC2)c2ccccc21. The van der Waals surface area contributed by atoms with Crippen LogP contribution in [0.15, 0.2) is 78.9 Å². The molecule has 1 heterocycles. The Bertz CT molecular complexity index is 1370. The number of hydrogen-bond donors (Lipinski definition) is 0. The zero-order valence-electron chi connectivity index (χ0n) is 23.2. The molecular weight excluding hydrogens is 504 g/mol. The van der Waals surface area contributed by atoms with Gasteiger partial charge in [0.05, 0.1) is 31.7 Å². The quantitative estimate of drug-likeness (QED) is 0.311. The van der Waals surface area contributed by atoms with Crippen molar-refractivity contribution in [1.29, 1.82) is 0 Å². The van der Waals surface area contributed by atoms with Crippen LogP contribution in [0, 0.1) is 0 Å². The minimum absolute atomic E-state index is 0.00894. The van der Waals surface area contributed by atoms with Crippen LogP contribution in [-0.2, 0) is 19.7 Å². The van der Waals surface area contributed by atoms with Crippen LogP contribution in [-0.4, -0.2) is 73.9 Å². The number of nitrogens with zero attached hydrogens (tertiary/aromatic N) is 2. The average Bonchev–Trinajstić information content (AvgIpc) is 3.01. The summed E-state index contributed by atoms with van der Waals surface area (Å²) in [6.45, 7) is 4.75. The van der Waals surface area contributed by atoms with Crippen LogP contribution >= 0.6 is 0 Å². The standard InChI is InChI=1S/C33H36N2O5/c1-3-40-32(38)33(24-11-5-4-6-12-24)18-17-26(25-13-7-9-15-28(25)33)31(37)35-21-19-34(20-22-35)23-29(36)27-14-8-10-16-30(27)39-2/h4-16,26H,3,17-23H2,1-2H3/t26-,33+/m1/s1. The Morgan fingerprint density at radius 1 is 0.875 bits per heavy atom. The largest absolute Gasteiger partial charge is 0.496 e. The number of rotatable bonds is 8. The van der Waals surface area contributed by atoms with Crippen molar-refractivity contribution in [3.63, 3.8) is 0 Å². The molecule has 2 atom stereocenters. The van der Waals surface area contributed by atoms with Crippen molar-refractivity contribution in [2.75, 3.05) is 46.4 Å². The molecule has 1 aliphatic carbocycles. The number of hydrogen-bond acceptors (Lipinski definition) is 6. The number of carbonyl (C=O) groups is 3. The van der Waals surface area contributed by atoms with E-state index in [2.05, 4.69) is 4.90 Å². The molecule has 0 spiro atoms. The second-order valence-corrected chi connectivity index (χ2v) is 10.4. The number of esters is 1. The normalized spacial score (nSPS) is 20.9. The lowest BCUT2D eigenvalue weighted by Gasteiger charge is -2.42. The van der Waals surface area contributed by atoms with Crippen LogP contribution in [0.3, 0.4) is 0 Å². The maximum Gasteiger partial charge on any atom is 0.321 e. The first-order chi connectivity index (χ1) is 19.5. The highest BCUT2D eigenvalue weighted by atomic mass is 16.5. The van der Waals surface area contributed by atoms with Crippen molar-refractivity contribution < 1.29 is 23.9 Å². The van der Waals surface area contributed by atoms with Crippen molar-refractivity contribution in [3.05, 3.63) is 101 Å². The molecule has 0 unspecified atom stereocenters. The van der Waals surface area contributed by atoms with Gasteiger partial charge < -0.3 is 14.4 Å². The monoisotopic (exact) mass is 540 g/mol. The molecule has 2 aliphatic rings. The minimum Gasteiger partial charge on any atom is -0.496 e. The van der Waals surface area contributed by atoms with Crippen LogP contribution in [0.1, 0.15) is 52.7 Å². The summed E-state index contributed by atoms with van der Waals surface area (Å²) in [5.41, 5.74) is 2.27. The predicted molar refractivity (Wildman–Crippen MR) is 153 cm³/mol. The van der Waals surface area contributed by atoms with E-state index in [0.717, 1.165) is 16.7 Å².